The summed E-state index contributed by atoms with van der Waals surface area (Å²) in [5, 5.41) is 4.74. The Morgan fingerprint density at radius 3 is 2.86 bits per heavy atom. The maximum Gasteiger partial charge on any atom is 0.243 e. The third-order valence-corrected chi connectivity index (χ3v) is 7.24. The van der Waals surface area contributed by atoms with Crippen LogP contribution in [-0.2, 0) is 26.0 Å². The lowest BCUT2D eigenvalue weighted by Gasteiger charge is -2.26. The summed E-state index contributed by atoms with van der Waals surface area (Å²) in [6, 6.07) is 4.79. The molecule has 28 heavy (non-hydrogen) atoms. The van der Waals surface area contributed by atoms with E-state index in [9.17, 15) is 13.2 Å². The number of imidazole rings is 1. The molecule has 1 amide bonds. The van der Waals surface area contributed by atoms with E-state index in [0.29, 0.717) is 37.7 Å². The van der Waals surface area contributed by atoms with Crippen molar-refractivity contribution in [2.75, 3.05) is 31.6 Å². The summed E-state index contributed by atoms with van der Waals surface area (Å²) in [6.45, 7) is 3.26. The van der Waals surface area contributed by atoms with Crippen molar-refractivity contribution in [3.8, 4) is 0 Å². The first-order valence-electron chi connectivity index (χ1n) is 8.83. The van der Waals surface area contributed by atoms with Crippen LogP contribution in [0.25, 0.3) is 4.96 Å². The number of hydrogen-bond donors (Lipinski definition) is 1. The molecule has 1 aliphatic heterocycles. The molecule has 2 aromatic heterocycles. The van der Waals surface area contributed by atoms with Crippen molar-refractivity contribution < 1.29 is 17.9 Å². The summed E-state index contributed by atoms with van der Waals surface area (Å²) < 4.78 is 34.2. The number of aromatic nitrogens is 2. The molecule has 0 bridgehead atoms. The number of rotatable bonds is 5. The number of thiazole rings is 1. The summed E-state index contributed by atoms with van der Waals surface area (Å²) in [5.74, 6) is -0.241. The van der Waals surface area contributed by atoms with Gasteiger partial charge in [0.1, 0.15) is 0 Å². The van der Waals surface area contributed by atoms with E-state index in [1.807, 2.05) is 29.1 Å². The van der Waals surface area contributed by atoms with E-state index in [1.54, 1.807) is 12.1 Å². The summed E-state index contributed by atoms with van der Waals surface area (Å²) >= 11 is 1.50. The average molecular weight is 421 g/mol. The zero-order chi connectivity index (χ0) is 19.7. The van der Waals surface area contributed by atoms with Gasteiger partial charge in [0, 0.05) is 36.6 Å². The monoisotopic (exact) mass is 420 g/mol. The lowest BCUT2D eigenvalue weighted by atomic mass is 10.2. The first kappa shape index (κ1) is 19.1. The molecule has 0 spiro atoms. The molecule has 1 aliphatic rings. The number of nitrogens with zero attached hydrogens (tertiary/aromatic N) is 3. The van der Waals surface area contributed by atoms with Crippen molar-refractivity contribution in [2.45, 2.75) is 18.2 Å². The topological polar surface area (TPSA) is 93.0 Å². The van der Waals surface area contributed by atoms with Crippen LogP contribution in [0, 0.1) is 6.92 Å². The molecule has 0 atom stereocenters. The molecule has 0 aliphatic carbocycles. The standard InChI is InChI=1S/C18H20N4O4S2/c1-13-2-3-15(28(24,25)22-4-7-26-8-5-22)11-16(13)20-17(23)10-14-12-21-6-9-27-18(21)19-14/h2-3,6,9,11-12H,4-5,7-8,10H2,1H3,(H,20,23). The van der Waals surface area contributed by atoms with Gasteiger partial charge >= 0.3 is 0 Å². The van der Waals surface area contributed by atoms with Crippen LogP contribution in [0.1, 0.15) is 11.3 Å². The molecular weight excluding hydrogens is 400 g/mol. The summed E-state index contributed by atoms with van der Waals surface area (Å²) in [4.78, 5) is 17.9. The number of sulfonamides is 1. The highest BCUT2D eigenvalue weighted by Gasteiger charge is 2.27. The first-order chi connectivity index (χ1) is 13.4. The van der Waals surface area contributed by atoms with Gasteiger partial charge in [-0.2, -0.15) is 4.31 Å². The van der Waals surface area contributed by atoms with Crippen LogP contribution < -0.4 is 5.32 Å². The largest absolute Gasteiger partial charge is 0.379 e. The average Bonchev–Trinajstić information content (AvgIpc) is 3.25. The molecule has 0 unspecified atom stereocenters. The van der Waals surface area contributed by atoms with Crippen LogP contribution in [0.3, 0.4) is 0 Å². The van der Waals surface area contributed by atoms with Gasteiger partial charge in [-0.05, 0) is 24.6 Å². The quantitative estimate of drug-likeness (QED) is 0.681. The number of anilines is 1. The molecule has 3 heterocycles. The molecule has 1 aromatic carbocycles. The molecule has 0 radical (unpaired) electrons. The molecule has 3 aromatic rings. The number of fused-ring (bicyclic) bond motifs is 1. The van der Waals surface area contributed by atoms with E-state index >= 15 is 0 Å². The van der Waals surface area contributed by atoms with Gasteiger partial charge in [-0.1, -0.05) is 6.07 Å². The fraction of sp³-hybridized carbons (Fsp3) is 0.333. The zero-order valence-electron chi connectivity index (χ0n) is 15.3. The number of carbonyl (C=O) groups is 1. The molecule has 0 saturated carbocycles. The molecule has 148 valence electrons. The van der Waals surface area contributed by atoms with Crippen molar-refractivity contribution in [2.24, 2.45) is 0 Å². The van der Waals surface area contributed by atoms with Crippen LogP contribution >= 0.6 is 11.3 Å². The highest BCUT2D eigenvalue weighted by molar-refractivity contribution is 7.89. The van der Waals surface area contributed by atoms with Gasteiger partial charge in [0.25, 0.3) is 0 Å². The second-order valence-corrected chi connectivity index (χ2v) is 9.35. The fourth-order valence-electron chi connectivity index (χ4n) is 3.05. The molecule has 4 rings (SSSR count). The molecule has 8 nitrogen and oxygen atoms in total. The maximum atomic E-state index is 12.8. The lowest BCUT2D eigenvalue weighted by molar-refractivity contribution is -0.115. The van der Waals surface area contributed by atoms with E-state index in [-0.39, 0.29) is 17.2 Å². The van der Waals surface area contributed by atoms with Crippen molar-refractivity contribution >= 4 is 37.9 Å². The Labute approximate surface area is 166 Å². The number of amides is 1. The third-order valence-electron chi connectivity index (χ3n) is 4.58. The van der Waals surface area contributed by atoms with Gasteiger partial charge < -0.3 is 10.1 Å². The predicted octanol–water partition coefficient (Wildman–Crippen LogP) is 1.91. The van der Waals surface area contributed by atoms with Crippen LogP contribution in [-0.4, -0.2) is 54.3 Å². The Balaban J connectivity index is 1.51. The van der Waals surface area contributed by atoms with Gasteiger partial charge in [0.2, 0.25) is 15.9 Å². The van der Waals surface area contributed by atoms with Crippen molar-refractivity contribution in [3.63, 3.8) is 0 Å². The summed E-state index contributed by atoms with van der Waals surface area (Å²) in [6.07, 6.45) is 3.82. The Bertz CT molecular complexity index is 1090. The minimum atomic E-state index is -3.62. The number of carbonyl (C=O) groups excluding carboxylic acids is 1. The number of nitrogens with one attached hydrogen (secondary N) is 1. The van der Waals surface area contributed by atoms with Crippen molar-refractivity contribution in [3.05, 3.63) is 47.2 Å². The highest BCUT2D eigenvalue weighted by atomic mass is 32.2. The van der Waals surface area contributed by atoms with Crippen LogP contribution in [0.15, 0.2) is 40.9 Å². The van der Waals surface area contributed by atoms with Crippen LogP contribution in [0.5, 0.6) is 0 Å². The summed E-state index contributed by atoms with van der Waals surface area (Å²) in [7, 11) is -3.62. The van der Waals surface area contributed by atoms with Gasteiger partial charge in [-0.3, -0.25) is 9.20 Å². The fourth-order valence-corrected chi connectivity index (χ4v) is 5.21. The Hall–Kier alpha value is -2.27. The molecule has 1 fully saturated rings. The number of benzene rings is 1. The number of aryl methyl sites for hydroxylation is 1. The molecule has 1 N–H and O–H groups in total. The van der Waals surface area contributed by atoms with Gasteiger partial charge in [0.05, 0.1) is 30.2 Å². The smallest absolute Gasteiger partial charge is 0.243 e. The van der Waals surface area contributed by atoms with E-state index < -0.39 is 10.0 Å². The van der Waals surface area contributed by atoms with E-state index in [2.05, 4.69) is 10.3 Å². The Morgan fingerprint density at radius 1 is 1.32 bits per heavy atom. The second kappa shape index (κ2) is 7.63. The number of hydrogen-bond acceptors (Lipinski definition) is 6. The van der Waals surface area contributed by atoms with Crippen molar-refractivity contribution in [1.82, 2.24) is 13.7 Å². The highest BCUT2D eigenvalue weighted by Crippen LogP contribution is 2.24. The second-order valence-electron chi connectivity index (χ2n) is 6.54. The Kier molecular flexibility index (Phi) is 5.19. The van der Waals surface area contributed by atoms with Gasteiger partial charge in [-0.25, -0.2) is 13.4 Å². The van der Waals surface area contributed by atoms with Gasteiger partial charge in [0.15, 0.2) is 4.96 Å². The van der Waals surface area contributed by atoms with Crippen molar-refractivity contribution in [1.29, 1.82) is 0 Å². The SMILES string of the molecule is Cc1ccc(S(=O)(=O)N2CCOCC2)cc1NC(=O)Cc1cn2ccsc2n1. The number of ether oxygens (including phenoxy) is 1. The first-order valence-corrected chi connectivity index (χ1v) is 11.1. The zero-order valence-corrected chi connectivity index (χ0v) is 16.9. The Morgan fingerprint density at radius 2 is 2.11 bits per heavy atom. The molecule has 10 heteroatoms. The summed E-state index contributed by atoms with van der Waals surface area (Å²) in [5.41, 5.74) is 1.94. The normalized spacial score (nSPS) is 15.8. The maximum absolute atomic E-state index is 12.8. The van der Waals surface area contributed by atoms with Crippen LogP contribution in [0.2, 0.25) is 0 Å². The molecule has 1 saturated heterocycles. The predicted molar refractivity (Wildman–Crippen MR) is 106 cm³/mol. The minimum absolute atomic E-state index is 0.119. The lowest BCUT2D eigenvalue weighted by Crippen LogP contribution is -2.40. The number of morpholine rings is 1. The minimum Gasteiger partial charge on any atom is -0.379 e. The molecular formula is C18H20N4O4S2. The van der Waals surface area contributed by atoms with Gasteiger partial charge in [-0.15, -0.1) is 11.3 Å². The van der Waals surface area contributed by atoms with E-state index in [0.717, 1.165) is 10.5 Å². The van der Waals surface area contributed by atoms with Crippen LogP contribution in [0.4, 0.5) is 5.69 Å². The van der Waals surface area contributed by atoms with E-state index in [4.69, 9.17) is 4.74 Å². The third kappa shape index (κ3) is 3.81. The van der Waals surface area contributed by atoms with E-state index in [1.165, 1.54) is 21.7 Å².